The molecule has 0 spiro atoms. The highest BCUT2D eigenvalue weighted by atomic mass is 16.6. The standard InChI is InChI=1S/C18H23NO4/c1-16(2,3)23-15(21)19-18-10-17(11-18,12-18)14(20)22-9-13-7-5-4-6-8-13/h4-8H,9-12H2,1-3H3,(H,19,21). The van der Waals surface area contributed by atoms with Crippen LogP contribution in [0, 0.1) is 5.41 Å². The molecule has 5 nitrogen and oxygen atoms in total. The lowest BCUT2D eigenvalue weighted by atomic mass is 9.39. The molecule has 0 atom stereocenters. The first-order valence-corrected chi connectivity index (χ1v) is 7.94. The largest absolute Gasteiger partial charge is 0.460 e. The first-order valence-electron chi connectivity index (χ1n) is 7.94. The van der Waals surface area contributed by atoms with Crippen molar-refractivity contribution in [1.82, 2.24) is 5.32 Å². The van der Waals surface area contributed by atoms with Crippen LogP contribution in [0.4, 0.5) is 4.79 Å². The van der Waals surface area contributed by atoms with E-state index in [1.165, 1.54) is 0 Å². The first-order chi connectivity index (χ1) is 10.7. The molecule has 0 unspecified atom stereocenters. The van der Waals surface area contributed by atoms with Crippen molar-refractivity contribution < 1.29 is 19.1 Å². The van der Waals surface area contributed by atoms with Crippen molar-refractivity contribution in [2.75, 3.05) is 0 Å². The molecular weight excluding hydrogens is 294 g/mol. The number of hydrogen-bond donors (Lipinski definition) is 1. The van der Waals surface area contributed by atoms with Crippen LogP contribution in [0.1, 0.15) is 45.6 Å². The van der Waals surface area contributed by atoms with Gasteiger partial charge in [0.1, 0.15) is 12.2 Å². The number of carbonyl (C=O) groups is 2. The Labute approximate surface area is 136 Å². The van der Waals surface area contributed by atoms with Crippen molar-refractivity contribution in [2.24, 2.45) is 5.41 Å². The minimum Gasteiger partial charge on any atom is -0.460 e. The van der Waals surface area contributed by atoms with Gasteiger partial charge in [0, 0.05) is 5.54 Å². The second kappa shape index (κ2) is 5.25. The van der Waals surface area contributed by atoms with Crippen molar-refractivity contribution in [3.05, 3.63) is 35.9 Å². The van der Waals surface area contributed by atoms with Crippen LogP contribution >= 0.6 is 0 Å². The van der Waals surface area contributed by atoms with E-state index in [0.29, 0.717) is 25.9 Å². The summed E-state index contributed by atoms with van der Waals surface area (Å²) in [6.07, 6.45) is 1.52. The number of esters is 1. The summed E-state index contributed by atoms with van der Waals surface area (Å²) in [4.78, 5) is 24.1. The van der Waals surface area contributed by atoms with Gasteiger partial charge in [-0.3, -0.25) is 4.79 Å². The number of ether oxygens (including phenoxy) is 2. The lowest BCUT2D eigenvalue weighted by Gasteiger charge is -2.68. The van der Waals surface area contributed by atoms with Gasteiger partial charge in [0.05, 0.1) is 5.41 Å². The maximum atomic E-state index is 12.2. The fourth-order valence-corrected chi connectivity index (χ4v) is 3.53. The van der Waals surface area contributed by atoms with Crippen molar-refractivity contribution in [2.45, 2.75) is 57.8 Å². The average molecular weight is 317 g/mol. The van der Waals surface area contributed by atoms with E-state index in [9.17, 15) is 9.59 Å². The number of alkyl carbamates (subject to hydrolysis) is 1. The second-order valence-electron chi connectivity index (χ2n) is 7.78. The third-order valence-electron chi connectivity index (χ3n) is 4.44. The third-order valence-corrected chi connectivity index (χ3v) is 4.44. The molecule has 0 aromatic heterocycles. The molecule has 0 aliphatic heterocycles. The van der Waals surface area contributed by atoms with E-state index in [4.69, 9.17) is 9.47 Å². The van der Waals surface area contributed by atoms with Crippen molar-refractivity contribution in [3.63, 3.8) is 0 Å². The van der Waals surface area contributed by atoms with E-state index in [0.717, 1.165) is 5.56 Å². The van der Waals surface area contributed by atoms with Gasteiger partial charge in [-0.2, -0.15) is 0 Å². The molecule has 0 saturated heterocycles. The van der Waals surface area contributed by atoms with Crippen LogP contribution in [0.5, 0.6) is 0 Å². The van der Waals surface area contributed by atoms with Crippen molar-refractivity contribution in [1.29, 1.82) is 0 Å². The van der Waals surface area contributed by atoms with Gasteiger partial charge < -0.3 is 14.8 Å². The number of nitrogens with one attached hydrogen (secondary N) is 1. The van der Waals surface area contributed by atoms with E-state index in [1.54, 1.807) is 0 Å². The Balaban J connectivity index is 1.45. The Morgan fingerprint density at radius 1 is 1.13 bits per heavy atom. The topological polar surface area (TPSA) is 64.6 Å². The van der Waals surface area contributed by atoms with Crippen LogP contribution < -0.4 is 5.32 Å². The summed E-state index contributed by atoms with van der Waals surface area (Å²) in [6.45, 7) is 5.79. The SMILES string of the molecule is CC(C)(C)OC(=O)NC12CC(C(=O)OCc3ccccc3)(C1)C2. The smallest absolute Gasteiger partial charge is 0.408 e. The van der Waals surface area contributed by atoms with Gasteiger partial charge in [0.15, 0.2) is 0 Å². The number of hydrogen-bond acceptors (Lipinski definition) is 4. The number of benzene rings is 1. The molecule has 1 aromatic carbocycles. The van der Waals surface area contributed by atoms with E-state index in [2.05, 4.69) is 5.32 Å². The van der Waals surface area contributed by atoms with Gasteiger partial charge in [0.2, 0.25) is 0 Å². The summed E-state index contributed by atoms with van der Waals surface area (Å²) >= 11 is 0. The monoisotopic (exact) mass is 317 g/mol. The van der Waals surface area contributed by atoms with E-state index in [1.807, 2.05) is 51.1 Å². The summed E-state index contributed by atoms with van der Waals surface area (Å²) < 4.78 is 10.7. The second-order valence-corrected chi connectivity index (χ2v) is 7.78. The molecule has 5 heteroatoms. The van der Waals surface area contributed by atoms with Gasteiger partial charge in [0.25, 0.3) is 0 Å². The molecule has 3 aliphatic carbocycles. The van der Waals surface area contributed by atoms with Gasteiger partial charge in [-0.1, -0.05) is 30.3 Å². The van der Waals surface area contributed by atoms with Crippen LogP contribution in [0.15, 0.2) is 30.3 Å². The van der Waals surface area contributed by atoms with Gasteiger partial charge in [-0.15, -0.1) is 0 Å². The normalized spacial score (nSPS) is 28.1. The molecule has 0 radical (unpaired) electrons. The fourth-order valence-electron chi connectivity index (χ4n) is 3.53. The Morgan fingerprint density at radius 3 is 2.30 bits per heavy atom. The van der Waals surface area contributed by atoms with E-state index in [-0.39, 0.29) is 11.5 Å². The average Bonchev–Trinajstić information content (AvgIpc) is 2.37. The molecule has 1 amide bonds. The predicted molar refractivity (Wildman–Crippen MR) is 84.6 cm³/mol. The van der Waals surface area contributed by atoms with Gasteiger partial charge in [-0.05, 0) is 45.6 Å². The van der Waals surface area contributed by atoms with Crippen LogP contribution in [-0.2, 0) is 20.9 Å². The Kier molecular flexibility index (Phi) is 3.62. The lowest BCUT2D eigenvalue weighted by molar-refractivity contribution is -0.204. The van der Waals surface area contributed by atoms with Crippen LogP contribution in [0.3, 0.4) is 0 Å². The quantitative estimate of drug-likeness (QED) is 0.866. The number of carbonyl (C=O) groups excluding carboxylic acids is 2. The van der Waals surface area contributed by atoms with Crippen molar-refractivity contribution in [3.8, 4) is 0 Å². The minimum atomic E-state index is -0.514. The van der Waals surface area contributed by atoms with Gasteiger partial charge in [-0.25, -0.2) is 4.79 Å². The molecule has 1 aromatic rings. The zero-order chi connectivity index (χ0) is 16.7. The van der Waals surface area contributed by atoms with Crippen LogP contribution in [-0.4, -0.2) is 23.2 Å². The van der Waals surface area contributed by atoms with Gasteiger partial charge >= 0.3 is 12.1 Å². The molecule has 23 heavy (non-hydrogen) atoms. The minimum absolute atomic E-state index is 0.158. The number of rotatable bonds is 4. The highest BCUT2D eigenvalue weighted by Gasteiger charge is 2.73. The summed E-state index contributed by atoms with van der Waals surface area (Å²) in [7, 11) is 0. The fraction of sp³-hybridized carbons (Fsp3) is 0.556. The number of amides is 1. The first kappa shape index (κ1) is 15.8. The van der Waals surface area contributed by atoms with Crippen LogP contribution in [0.25, 0.3) is 0 Å². The highest BCUT2D eigenvalue weighted by Crippen LogP contribution is 2.67. The molecule has 2 bridgehead atoms. The summed E-state index contributed by atoms with van der Waals surface area (Å²) in [5, 5.41) is 2.90. The van der Waals surface area contributed by atoms with Crippen molar-refractivity contribution >= 4 is 12.1 Å². The van der Waals surface area contributed by atoms with Crippen LogP contribution in [0.2, 0.25) is 0 Å². The molecule has 3 aliphatic rings. The zero-order valence-electron chi connectivity index (χ0n) is 13.8. The molecular formula is C18H23NO4. The Morgan fingerprint density at radius 2 is 1.74 bits per heavy atom. The summed E-state index contributed by atoms with van der Waals surface area (Å²) in [5.41, 5.74) is -0.202. The molecule has 4 rings (SSSR count). The summed E-state index contributed by atoms with van der Waals surface area (Å²) in [5.74, 6) is -0.158. The molecule has 124 valence electrons. The summed E-state index contributed by atoms with van der Waals surface area (Å²) in [6, 6.07) is 9.63. The maximum absolute atomic E-state index is 12.2. The lowest BCUT2D eigenvalue weighted by Crippen LogP contribution is -2.77. The molecule has 0 heterocycles. The maximum Gasteiger partial charge on any atom is 0.408 e. The molecule has 3 fully saturated rings. The Hall–Kier alpha value is -2.04. The third kappa shape index (κ3) is 3.19. The van der Waals surface area contributed by atoms with E-state index < -0.39 is 17.1 Å². The van der Waals surface area contributed by atoms with E-state index >= 15 is 0 Å². The molecule has 3 saturated carbocycles. The zero-order valence-corrected chi connectivity index (χ0v) is 13.8. The molecule has 1 N–H and O–H groups in total. The Bertz CT molecular complexity index is 598. The highest BCUT2D eigenvalue weighted by molar-refractivity contribution is 5.83. The predicted octanol–water partition coefficient (Wildman–Crippen LogP) is 3.18.